The molecule has 2 heteroatoms. The minimum atomic E-state index is 0.251. The van der Waals surface area contributed by atoms with Crippen LogP contribution in [0.3, 0.4) is 0 Å². The predicted molar refractivity (Wildman–Crippen MR) is 66.9 cm³/mol. The number of carbonyl (C=O) groups excluding carboxylic acids is 1. The summed E-state index contributed by atoms with van der Waals surface area (Å²) in [5.74, 6) is 2.64. The molecule has 1 heterocycles. The van der Waals surface area contributed by atoms with Crippen molar-refractivity contribution in [3.8, 4) is 0 Å². The molecular weight excluding hydrogens is 210 g/mol. The molecule has 2 saturated carbocycles. The zero-order valence-electron chi connectivity index (χ0n) is 10.4. The lowest BCUT2D eigenvalue weighted by Gasteiger charge is -2.20. The van der Waals surface area contributed by atoms with E-state index >= 15 is 0 Å². The first-order chi connectivity index (χ1) is 8.24. The summed E-state index contributed by atoms with van der Waals surface area (Å²) >= 11 is 0. The number of rotatable bonds is 3. The van der Waals surface area contributed by atoms with E-state index in [1.165, 1.54) is 25.7 Å². The van der Waals surface area contributed by atoms with Crippen molar-refractivity contribution in [2.45, 2.75) is 39.0 Å². The van der Waals surface area contributed by atoms with Crippen LogP contribution < -0.4 is 0 Å². The van der Waals surface area contributed by atoms with Crippen molar-refractivity contribution in [1.29, 1.82) is 0 Å². The molecule has 90 valence electrons. The molecule has 0 aromatic carbocycles. The number of nitrogens with zero attached hydrogens (tertiary/aromatic N) is 1. The van der Waals surface area contributed by atoms with E-state index in [4.69, 9.17) is 0 Å². The molecule has 2 fully saturated rings. The molecule has 1 aromatic rings. The lowest BCUT2D eigenvalue weighted by molar-refractivity contribution is 0.0938. The summed E-state index contributed by atoms with van der Waals surface area (Å²) in [6, 6.07) is 3.87. The summed E-state index contributed by atoms with van der Waals surface area (Å²) in [7, 11) is 0. The number of aromatic nitrogens is 1. The van der Waals surface area contributed by atoms with E-state index in [-0.39, 0.29) is 5.78 Å². The van der Waals surface area contributed by atoms with Crippen LogP contribution in [0.15, 0.2) is 18.3 Å². The highest BCUT2D eigenvalue weighted by atomic mass is 16.1. The summed E-state index contributed by atoms with van der Waals surface area (Å²) < 4.78 is 0. The topological polar surface area (TPSA) is 30.0 Å². The molecule has 3 unspecified atom stereocenters. The molecule has 0 amide bonds. The van der Waals surface area contributed by atoms with Crippen LogP contribution in [0.4, 0.5) is 0 Å². The Labute approximate surface area is 102 Å². The van der Waals surface area contributed by atoms with Crippen LogP contribution in [0.1, 0.15) is 48.2 Å². The zero-order chi connectivity index (χ0) is 11.8. The van der Waals surface area contributed by atoms with Crippen molar-refractivity contribution in [1.82, 2.24) is 4.98 Å². The van der Waals surface area contributed by atoms with Crippen molar-refractivity contribution in [3.63, 3.8) is 0 Å². The largest absolute Gasteiger partial charge is 0.292 e. The number of Topliss-reactive ketones (excluding diaryl/α,β-unsaturated/α-hetero) is 1. The van der Waals surface area contributed by atoms with E-state index in [9.17, 15) is 4.79 Å². The second-order valence-electron chi connectivity index (χ2n) is 5.73. The molecule has 2 aliphatic carbocycles. The first-order valence-corrected chi connectivity index (χ1v) is 6.69. The van der Waals surface area contributed by atoms with Gasteiger partial charge in [-0.3, -0.25) is 9.78 Å². The second-order valence-corrected chi connectivity index (χ2v) is 5.73. The van der Waals surface area contributed by atoms with Gasteiger partial charge in [-0.15, -0.1) is 0 Å². The Kier molecular flexibility index (Phi) is 2.73. The fraction of sp³-hybridized carbons (Fsp3) is 0.600. The van der Waals surface area contributed by atoms with Gasteiger partial charge in [0.15, 0.2) is 5.78 Å². The number of ketones is 1. The molecule has 0 saturated heterocycles. The summed E-state index contributed by atoms with van der Waals surface area (Å²) in [5.41, 5.74) is 1.70. The van der Waals surface area contributed by atoms with Crippen LogP contribution in [0.25, 0.3) is 0 Å². The third-order valence-electron chi connectivity index (χ3n) is 4.61. The lowest BCUT2D eigenvalue weighted by atomic mass is 9.84. The van der Waals surface area contributed by atoms with Crippen LogP contribution in [0.5, 0.6) is 0 Å². The molecule has 0 spiro atoms. The van der Waals surface area contributed by atoms with Crippen LogP contribution >= 0.6 is 0 Å². The monoisotopic (exact) mass is 229 g/mol. The van der Waals surface area contributed by atoms with Crippen LogP contribution in [-0.4, -0.2) is 10.8 Å². The van der Waals surface area contributed by atoms with Crippen LogP contribution in [-0.2, 0) is 0 Å². The van der Waals surface area contributed by atoms with Gasteiger partial charge < -0.3 is 0 Å². The van der Waals surface area contributed by atoms with Gasteiger partial charge in [0.2, 0.25) is 0 Å². The van der Waals surface area contributed by atoms with E-state index in [0.29, 0.717) is 11.6 Å². The SMILES string of the molecule is Cc1cccnc1C(=O)CC1CC2CCC1C2. The number of pyridine rings is 1. The first kappa shape index (κ1) is 10.9. The Bertz CT molecular complexity index is 440. The highest BCUT2D eigenvalue weighted by molar-refractivity contribution is 5.95. The summed E-state index contributed by atoms with van der Waals surface area (Å²) in [4.78, 5) is 16.5. The van der Waals surface area contributed by atoms with E-state index in [0.717, 1.165) is 23.8 Å². The van der Waals surface area contributed by atoms with Crippen molar-refractivity contribution in [3.05, 3.63) is 29.6 Å². The average Bonchev–Trinajstić information content (AvgIpc) is 2.91. The van der Waals surface area contributed by atoms with Crippen LogP contribution in [0, 0.1) is 24.7 Å². The molecule has 0 N–H and O–H groups in total. The molecule has 0 aliphatic heterocycles. The van der Waals surface area contributed by atoms with E-state index in [2.05, 4.69) is 4.98 Å². The van der Waals surface area contributed by atoms with Gasteiger partial charge in [-0.2, -0.15) is 0 Å². The third kappa shape index (κ3) is 2.01. The average molecular weight is 229 g/mol. The van der Waals surface area contributed by atoms with Gasteiger partial charge in [-0.25, -0.2) is 0 Å². The number of aryl methyl sites for hydroxylation is 1. The molecule has 2 nitrogen and oxygen atoms in total. The normalized spacial score (nSPS) is 30.8. The minimum Gasteiger partial charge on any atom is -0.292 e. The van der Waals surface area contributed by atoms with E-state index in [1.807, 2.05) is 19.1 Å². The van der Waals surface area contributed by atoms with Gasteiger partial charge in [-0.1, -0.05) is 12.5 Å². The number of carbonyl (C=O) groups is 1. The standard InChI is InChI=1S/C15H19NO/c1-10-3-2-6-16-15(10)14(17)9-13-8-11-4-5-12(13)7-11/h2-3,6,11-13H,4-5,7-9H2,1H3. The minimum absolute atomic E-state index is 0.251. The summed E-state index contributed by atoms with van der Waals surface area (Å²) in [5, 5.41) is 0. The molecule has 3 atom stereocenters. The maximum Gasteiger partial charge on any atom is 0.181 e. The number of hydrogen-bond acceptors (Lipinski definition) is 2. The quantitative estimate of drug-likeness (QED) is 0.743. The van der Waals surface area contributed by atoms with Gasteiger partial charge in [0.1, 0.15) is 5.69 Å². The lowest BCUT2D eigenvalue weighted by Crippen LogP contribution is -2.16. The summed E-state index contributed by atoms with van der Waals surface area (Å²) in [6.07, 6.45) is 7.85. The van der Waals surface area contributed by atoms with Gasteiger partial charge in [-0.05, 0) is 55.6 Å². The Morgan fingerprint density at radius 2 is 2.29 bits per heavy atom. The molecular formula is C15H19NO. The molecule has 0 radical (unpaired) electrons. The third-order valence-corrected chi connectivity index (χ3v) is 4.61. The highest BCUT2D eigenvalue weighted by Gasteiger charge is 2.40. The predicted octanol–water partition coefficient (Wildman–Crippen LogP) is 3.40. The molecule has 3 rings (SSSR count). The fourth-order valence-corrected chi connectivity index (χ4v) is 3.74. The molecule has 2 aliphatic rings. The fourth-order valence-electron chi connectivity index (χ4n) is 3.74. The van der Waals surface area contributed by atoms with E-state index in [1.54, 1.807) is 6.20 Å². The zero-order valence-corrected chi connectivity index (χ0v) is 10.4. The Balaban J connectivity index is 1.70. The van der Waals surface area contributed by atoms with Gasteiger partial charge >= 0.3 is 0 Å². The van der Waals surface area contributed by atoms with Crippen molar-refractivity contribution in [2.75, 3.05) is 0 Å². The number of fused-ring (bicyclic) bond motifs is 2. The van der Waals surface area contributed by atoms with Crippen molar-refractivity contribution in [2.24, 2.45) is 17.8 Å². The Hall–Kier alpha value is -1.18. The highest BCUT2D eigenvalue weighted by Crippen LogP contribution is 2.49. The molecule has 2 bridgehead atoms. The van der Waals surface area contributed by atoms with Crippen molar-refractivity contribution < 1.29 is 4.79 Å². The Morgan fingerprint density at radius 1 is 1.41 bits per heavy atom. The maximum absolute atomic E-state index is 12.2. The van der Waals surface area contributed by atoms with E-state index < -0.39 is 0 Å². The smallest absolute Gasteiger partial charge is 0.181 e. The van der Waals surface area contributed by atoms with Crippen LogP contribution in [0.2, 0.25) is 0 Å². The second kappa shape index (κ2) is 4.25. The molecule has 17 heavy (non-hydrogen) atoms. The maximum atomic E-state index is 12.2. The van der Waals surface area contributed by atoms with Gasteiger partial charge in [0, 0.05) is 12.6 Å². The van der Waals surface area contributed by atoms with Crippen molar-refractivity contribution >= 4 is 5.78 Å². The first-order valence-electron chi connectivity index (χ1n) is 6.69. The Morgan fingerprint density at radius 3 is 2.94 bits per heavy atom. The number of hydrogen-bond donors (Lipinski definition) is 0. The molecule has 1 aromatic heterocycles. The summed E-state index contributed by atoms with van der Waals surface area (Å²) in [6.45, 7) is 1.97. The van der Waals surface area contributed by atoms with Gasteiger partial charge in [0.05, 0.1) is 0 Å². The van der Waals surface area contributed by atoms with Gasteiger partial charge in [0.25, 0.3) is 0 Å².